The van der Waals surface area contributed by atoms with Crippen molar-refractivity contribution >= 4 is 5.97 Å². The van der Waals surface area contributed by atoms with Gasteiger partial charge in [0.2, 0.25) is 0 Å². The number of carbonyl (C=O) groups excluding carboxylic acids is 1. The molecule has 0 aliphatic heterocycles. The maximum Gasteiger partial charge on any atom is 0.362 e. The number of hydrogen-bond acceptors (Lipinski definition) is 3. The van der Waals surface area contributed by atoms with Crippen LogP contribution in [0.3, 0.4) is 0 Å². The molecule has 0 amide bonds. The summed E-state index contributed by atoms with van der Waals surface area (Å²) in [6, 6.07) is 13.3. The predicted molar refractivity (Wildman–Crippen MR) is 104 cm³/mol. The van der Waals surface area contributed by atoms with Crippen LogP contribution in [0.4, 0.5) is 0 Å². The summed E-state index contributed by atoms with van der Waals surface area (Å²) in [6.45, 7) is 2.27. The monoisotopic (exact) mass is 351 g/mol. The quantitative estimate of drug-likeness (QED) is 0.341. The summed E-state index contributed by atoms with van der Waals surface area (Å²) < 4.78 is 5.41. The van der Waals surface area contributed by atoms with E-state index in [0.29, 0.717) is 17.4 Å². The van der Waals surface area contributed by atoms with Crippen molar-refractivity contribution in [2.45, 2.75) is 64.2 Å². The highest BCUT2D eigenvalue weighted by Gasteiger charge is 2.22. The van der Waals surface area contributed by atoms with Gasteiger partial charge in [-0.1, -0.05) is 50.8 Å². The van der Waals surface area contributed by atoms with Crippen LogP contribution in [0.25, 0.3) is 0 Å². The van der Waals surface area contributed by atoms with Gasteiger partial charge in [0.05, 0.1) is 0 Å². The van der Waals surface area contributed by atoms with E-state index in [1.165, 1.54) is 56.9 Å². The van der Waals surface area contributed by atoms with Gasteiger partial charge in [-0.05, 0) is 67.3 Å². The fraction of sp³-hybridized carbons (Fsp3) is 0.478. The van der Waals surface area contributed by atoms with Crippen molar-refractivity contribution in [3.05, 3.63) is 59.9 Å². The van der Waals surface area contributed by atoms with E-state index < -0.39 is 5.97 Å². The lowest BCUT2D eigenvalue weighted by Gasteiger charge is -2.29. The maximum absolute atomic E-state index is 12.1. The van der Waals surface area contributed by atoms with Gasteiger partial charge in [0.25, 0.3) is 0 Å². The van der Waals surface area contributed by atoms with Crippen molar-refractivity contribution < 1.29 is 9.53 Å². The molecule has 1 aliphatic rings. The highest BCUT2D eigenvalue weighted by atomic mass is 16.5. The van der Waals surface area contributed by atoms with Crippen molar-refractivity contribution in [1.29, 1.82) is 0 Å². The Balaban J connectivity index is 1.50. The van der Waals surface area contributed by atoms with Crippen LogP contribution in [0, 0.1) is 5.92 Å². The molecule has 26 heavy (non-hydrogen) atoms. The van der Waals surface area contributed by atoms with Crippen LogP contribution in [-0.2, 0) is 0 Å². The number of ether oxygens (including phenoxy) is 1. The van der Waals surface area contributed by atoms with E-state index in [4.69, 9.17) is 4.74 Å². The van der Waals surface area contributed by atoms with E-state index in [9.17, 15) is 4.79 Å². The lowest BCUT2D eigenvalue weighted by Crippen LogP contribution is -2.13. The molecule has 0 atom stereocenters. The second-order valence-corrected chi connectivity index (χ2v) is 7.39. The molecule has 0 unspecified atom stereocenters. The molecule has 0 spiro atoms. The number of pyridine rings is 1. The standard InChI is InChI=1S/C23H29NO2/c1-2-3-4-7-18-9-11-19(12-10-18)20-13-15-21(16-14-20)26-23(25)22-8-5-6-17-24-22/h5-6,8,13-19H,2-4,7,9-12H2,1H3. The predicted octanol–water partition coefficient (Wildman–Crippen LogP) is 6.15. The Kier molecular flexibility index (Phi) is 6.82. The normalized spacial score (nSPS) is 19.9. The zero-order valence-electron chi connectivity index (χ0n) is 15.7. The lowest BCUT2D eigenvalue weighted by molar-refractivity contribution is 0.0728. The first kappa shape index (κ1) is 18.6. The van der Waals surface area contributed by atoms with Crippen molar-refractivity contribution in [2.75, 3.05) is 0 Å². The van der Waals surface area contributed by atoms with Crippen LogP contribution in [-0.4, -0.2) is 11.0 Å². The Morgan fingerprint density at radius 1 is 1.04 bits per heavy atom. The Morgan fingerprint density at radius 3 is 2.46 bits per heavy atom. The van der Waals surface area contributed by atoms with Gasteiger partial charge < -0.3 is 4.74 Å². The van der Waals surface area contributed by atoms with Gasteiger partial charge in [-0.2, -0.15) is 0 Å². The van der Waals surface area contributed by atoms with E-state index in [1.54, 1.807) is 24.4 Å². The van der Waals surface area contributed by atoms with E-state index in [0.717, 1.165) is 5.92 Å². The van der Waals surface area contributed by atoms with E-state index in [1.807, 2.05) is 12.1 Å². The van der Waals surface area contributed by atoms with Gasteiger partial charge >= 0.3 is 5.97 Å². The molecular formula is C23H29NO2. The fourth-order valence-electron chi connectivity index (χ4n) is 3.92. The van der Waals surface area contributed by atoms with Gasteiger partial charge in [-0.3, -0.25) is 0 Å². The number of carbonyl (C=O) groups is 1. The van der Waals surface area contributed by atoms with Crippen molar-refractivity contribution in [2.24, 2.45) is 5.92 Å². The van der Waals surface area contributed by atoms with E-state index in [-0.39, 0.29) is 0 Å². The molecule has 1 aliphatic carbocycles. The third-order valence-corrected chi connectivity index (χ3v) is 5.50. The van der Waals surface area contributed by atoms with Crippen LogP contribution < -0.4 is 4.74 Å². The fourth-order valence-corrected chi connectivity index (χ4v) is 3.92. The first-order valence-corrected chi connectivity index (χ1v) is 9.99. The zero-order chi connectivity index (χ0) is 18.2. The summed E-state index contributed by atoms with van der Waals surface area (Å²) in [7, 11) is 0. The smallest absolute Gasteiger partial charge is 0.362 e. The number of hydrogen-bond donors (Lipinski definition) is 0. The summed E-state index contributed by atoms with van der Waals surface area (Å²) in [5, 5.41) is 0. The highest BCUT2D eigenvalue weighted by molar-refractivity contribution is 5.88. The molecule has 3 nitrogen and oxygen atoms in total. The SMILES string of the molecule is CCCCCC1CCC(c2ccc(OC(=O)c3ccccn3)cc2)CC1. The second kappa shape index (κ2) is 9.51. The molecule has 138 valence electrons. The molecule has 2 aromatic rings. The number of nitrogens with zero attached hydrogens (tertiary/aromatic N) is 1. The summed E-state index contributed by atoms with van der Waals surface area (Å²) in [4.78, 5) is 16.1. The minimum atomic E-state index is -0.411. The molecule has 0 bridgehead atoms. The van der Waals surface area contributed by atoms with Crippen LogP contribution in [0.15, 0.2) is 48.7 Å². The molecule has 1 aromatic heterocycles. The Labute approximate surface area is 156 Å². The largest absolute Gasteiger partial charge is 0.422 e. The minimum Gasteiger partial charge on any atom is -0.422 e. The first-order valence-electron chi connectivity index (χ1n) is 9.99. The topological polar surface area (TPSA) is 39.2 Å². The van der Waals surface area contributed by atoms with Crippen molar-refractivity contribution in [3.8, 4) is 5.75 Å². The van der Waals surface area contributed by atoms with Gasteiger partial charge in [0, 0.05) is 6.20 Å². The average molecular weight is 351 g/mol. The summed E-state index contributed by atoms with van der Waals surface area (Å²) in [5.41, 5.74) is 1.70. The third kappa shape index (κ3) is 5.17. The molecular weight excluding hydrogens is 322 g/mol. The van der Waals surface area contributed by atoms with E-state index in [2.05, 4.69) is 24.0 Å². The molecule has 1 heterocycles. The molecule has 3 rings (SSSR count). The van der Waals surface area contributed by atoms with E-state index >= 15 is 0 Å². The van der Waals surface area contributed by atoms with Crippen molar-refractivity contribution in [3.63, 3.8) is 0 Å². The molecule has 1 aromatic carbocycles. The Bertz CT molecular complexity index is 673. The molecule has 0 saturated heterocycles. The molecule has 0 N–H and O–H groups in total. The molecule has 1 fully saturated rings. The van der Waals surface area contributed by atoms with Gasteiger partial charge in [0.15, 0.2) is 0 Å². The first-order chi connectivity index (χ1) is 12.8. The summed E-state index contributed by atoms with van der Waals surface area (Å²) in [5.74, 6) is 1.75. The molecule has 0 radical (unpaired) electrons. The van der Waals surface area contributed by atoms with Crippen LogP contribution in [0.5, 0.6) is 5.75 Å². The number of benzene rings is 1. The number of aromatic nitrogens is 1. The Morgan fingerprint density at radius 2 is 1.81 bits per heavy atom. The third-order valence-electron chi connectivity index (χ3n) is 5.50. The zero-order valence-corrected chi connectivity index (χ0v) is 15.7. The molecule has 1 saturated carbocycles. The average Bonchev–Trinajstić information content (AvgIpc) is 2.70. The van der Waals surface area contributed by atoms with Crippen LogP contribution in [0.2, 0.25) is 0 Å². The maximum atomic E-state index is 12.1. The number of esters is 1. The Hall–Kier alpha value is -2.16. The van der Waals surface area contributed by atoms with Crippen molar-refractivity contribution in [1.82, 2.24) is 4.98 Å². The van der Waals surface area contributed by atoms with Crippen LogP contribution in [0.1, 0.15) is 80.3 Å². The summed E-state index contributed by atoms with van der Waals surface area (Å²) >= 11 is 0. The van der Waals surface area contributed by atoms with Gasteiger partial charge in [0.1, 0.15) is 11.4 Å². The number of unbranched alkanes of at least 4 members (excludes halogenated alkanes) is 2. The highest BCUT2D eigenvalue weighted by Crippen LogP contribution is 2.38. The number of rotatable bonds is 7. The summed E-state index contributed by atoms with van der Waals surface area (Å²) in [6.07, 6.45) is 12.3. The second-order valence-electron chi connectivity index (χ2n) is 7.39. The van der Waals surface area contributed by atoms with Crippen LogP contribution >= 0.6 is 0 Å². The van der Waals surface area contributed by atoms with Gasteiger partial charge in [-0.25, -0.2) is 9.78 Å². The van der Waals surface area contributed by atoms with Gasteiger partial charge in [-0.15, -0.1) is 0 Å². The minimum absolute atomic E-state index is 0.331. The lowest BCUT2D eigenvalue weighted by atomic mass is 9.77. The molecule has 3 heteroatoms.